The Bertz CT molecular complexity index is 336. The van der Waals surface area contributed by atoms with E-state index in [0.29, 0.717) is 6.54 Å². The van der Waals surface area contributed by atoms with Gasteiger partial charge in [-0.25, -0.2) is 0 Å². The molecule has 1 rings (SSSR count). The molecule has 3 N–H and O–H groups in total. The van der Waals surface area contributed by atoms with E-state index in [2.05, 4.69) is 27.9 Å². The summed E-state index contributed by atoms with van der Waals surface area (Å²) in [6.45, 7) is 4.43. The molecule has 0 radical (unpaired) electrons. The Morgan fingerprint density at radius 3 is 2.67 bits per heavy atom. The molecule has 0 saturated carbocycles. The molecule has 1 aromatic rings. The van der Waals surface area contributed by atoms with Crippen molar-refractivity contribution < 1.29 is 9.21 Å². The third-order valence-corrected chi connectivity index (χ3v) is 2.68. The molecule has 1 heterocycles. The molecule has 0 bridgehead atoms. The molecule has 1 unspecified atom stereocenters. The summed E-state index contributed by atoms with van der Waals surface area (Å²) in [6, 6.07) is 3.45. The second kappa shape index (κ2) is 5.50. The van der Waals surface area contributed by atoms with Crippen LogP contribution in [0.2, 0.25) is 0 Å². The Balaban J connectivity index is 2.50. The zero-order chi connectivity index (χ0) is 11.4. The Kier molecular flexibility index (Phi) is 4.59. The number of nitrogens with one attached hydrogen (secondary N) is 1. The molecular weight excluding hydrogens is 307 g/mol. The minimum absolute atomic E-state index is 0.177. The van der Waals surface area contributed by atoms with Crippen LogP contribution in [0.5, 0.6) is 0 Å². The van der Waals surface area contributed by atoms with Crippen molar-refractivity contribution in [3.8, 4) is 0 Å². The van der Waals surface area contributed by atoms with Gasteiger partial charge in [0.25, 0.3) is 0 Å². The van der Waals surface area contributed by atoms with Gasteiger partial charge in [-0.2, -0.15) is 0 Å². The van der Waals surface area contributed by atoms with Gasteiger partial charge >= 0.3 is 0 Å². The van der Waals surface area contributed by atoms with Gasteiger partial charge in [0.2, 0.25) is 5.91 Å². The van der Waals surface area contributed by atoms with Gasteiger partial charge < -0.3 is 10.2 Å². The highest BCUT2D eigenvalue weighted by Gasteiger charge is 2.18. The lowest BCUT2D eigenvalue weighted by Gasteiger charge is -2.17. The van der Waals surface area contributed by atoms with Crippen molar-refractivity contribution in [2.75, 3.05) is 0 Å². The van der Waals surface area contributed by atoms with Gasteiger partial charge in [0.1, 0.15) is 5.76 Å². The van der Waals surface area contributed by atoms with Crippen LogP contribution in [-0.4, -0.2) is 11.9 Å². The highest BCUT2D eigenvalue weighted by atomic mass is 127. The predicted octanol–water partition coefficient (Wildman–Crippen LogP) is 1.48. The Hall–Kier alpha value is -0.560. The van der Waals surface area contributed by atoms with Crippen LogP contribution in [0, 0.1) is 9.68 Å². The van der Waals surface area contributed by atoms with Gasteiger partial charge in [0.15, 0.2) is 3.77 Å². The lowest BCUT2D eigenvalue weighted by Crippen LogP contribution is -2.44. The Labute approximate surface area is 103 Å². The van der Waals surface area contributed by atoms with Crippen LogP contribution in [-0.2, 0) is 11.3 Å². The van der Waals surface area contributed by atoms with Crippen LogP contribution in [0.4, 0.5) is 0 Å². The fourth-order valence-electron chi connectivity index (χ4n) is 1.32. The first-order valence-corrected chi connectivity index (χ1v) is 5.85. The summed E-state index contributed by atoms with van der Waals surface area (Å²) >= 11 is 2.10. The van der Waals surface area contributed by atoms with Gasteiger partial charge in [0.05, 0.1) is 12.6 Å². The Morgan fingerprint density at radius 1 is 1.60 bits per heavy atom. The first-order chi connectivity index (χ1) is 7.00. The van der Waals surface area contributed by atoms with Gasteiger partial charge in [-0.15, -0.1) is 0 Å². The minimum atomic E-state index is -0.328. The maximum Gasteiger partial charge on any atom is 0.234 e. The fraction of sp³-hybridized carbons (Fsp3) is 0.500. The number of furan rings is 1. The second-order valence-electron chi connectivity index (χ2n) is 3.71. The maximum atomic E-state index is 11.1. The molecule has 1 atom stereocenters. The van der Waals surface area contributed by atoms with Crippen molar-refractivity contribution in [3.05, 3.63) is 21.7 Å². The van der Waals surface area contributed by atoms with E-state index in [-0.39, 0.29) is 17.9 Å². The summed E-state index contributed by atoms with van der Waals surface area (Å²) in [5.41, 5.74) is 5.27. The Morgan fingerprint density at radius 2 is 2.27 bits per heavy atom. The van der Waals surface area contributed by atoms with Crippen molar-refractivity contribution in [2.24, 2.45) is 11.7 Å². The monoisotopic (exact) mass is 322 g/mol. The smallest absolute Gasteiger partial charge is 0.234 e. The number of hydrogen-bond donors (Lipinski definition) is 2. The van der Waals surface area contributed by atoms with Crippen LogP contribution < -0.4 is 11.1 Å². The van der Waals surface area contributed by atoms with Gasteiger partial charge in [-0.3, -0.25) is 10.1 Å². The number of rotatable bonds is 5. The molecular formula is C10H15IN2O2. The lowest BCUT2D eigenvalue weighted by molar-refractivity contribution is -0.121. The van der Waals surface area contributed by atoms with E-state index in [1.54, 1.807) is 0 Å². The average Bonchev–Trinajstić information content (AvgIpc) is 2.50. The van der Waals surface area contributed by atoms with Gasteiger partial charge in [0, 0.05) is 0 Å². The molecule has 0 fully saturated rings. The minimum Gasteiger partial charge on any atom is -0.454 e. The molecule has 0 aliphatic heterocycles. The molecule has 0 aliphatic carbocycles. The quantitative estimate of drug-likeness (QED) is 0.807. The highest BCUT2D eigenvalue weighted by molar-refractivity contribution is 14.1. The molecule has 0 spiro atoms. The zero-order valence-electron chi connectivity index (χ0n) is 8.79. The maximum absolute atomic E-state index is 11.1. The molecule has 1 amide bonds. The topological polar surface area (TPSA) is 68.3 Å². The van der Waals surface area contributed by atoms with Crippen molar-refractivity contribution in [1.29, 1.82) is 0 Å². The number of carbonyl (C=O) groups excluding carboxylic acids is 1. The number of carbonyl (C=O) groups is 1. The van der Waals surface area contributed by atoms with Crippen molar-refractivity contribution in [2.45, 2.75) is 26.4 Å². The summed E-state index contributed by atoms with van der Waals surface area (Å²) in [7, 11) is 0. The number of primary amides is 1. The molecule has 84 valence electrons. The van der Waals surface area contributed by atoms with Crippen molar-refractivity contribution >= 4 is 28.5 Å². The molecule has 4 nitrogen and oxygen atoms in total. The molecule has 15 heavy (non-hydrogen) atoms. The summed E-state index contributed by atoms with van der Waals surface area (Å²) in [5, 5.41) is 3.08. The number of hydrogen-bond acceptors (Lipinski definition) is 3. The van der Waals surface area contributed by atoms with E-state index in [0.717, 1.165) is 9.53 Å². The largest absolute Gasteiger partial charge is 0.454 e. The van der Waals surface area contributed by atoms with E-state index in [4.69, 9.17) is 10.2 Å². The normalized spacial score (nSPS) is 13.1. The molecule has 0 aliphatic rings. The molecule has 0 saturated heterocycles. The SMILES string of the molecule is CC(C)C(NCc1ccc(I)o1)C(N)=O. The first-order valence-electron chi connectivity index (χ1n) is 4.77. The third-order valence-electron chi connectivity index (χ3n) is 2.10. The van der Waals surface area contributed by atoms with E-state index in [1.165, 1.54) is 0 Å². The average molecular weight is 322 g/mol. The van der Waals surface area contributed by atoms with Crippen LogP contribution in [0.15, 0.2) is 16.5 Å². The molecule has 5 heteroatoms. The lowest BCUT2D eigenvalue weighted by atomic mass is 10.0. The van der Waals surface area contributed by atoms with Crippen molar-refractivity contribution in [3.63, 3.8) is 0 Å². The number of nitrogens with two attached hydrogens (primary N) is 1. The number of halogens is 1. The van der Waals surface area contributed by atoms with Crippen LogP contribution in [0.3, 0.4) is 0 Å². The summed E-state index contributed by atoms with van der Waals surface area (Å²) in [4.78, 5) is 11.1. The summed E-state index contributed by atoms with van der Waals surface area (Å²) in [6.07, 6.45) is 0. The van der Waals surface area contributed by atoms with E-state index < -0.39 is 0 Å². The molecule has 0 aromatic carbocycles. The third kappa shape index (κ3) is 3.83. The van der Waals surface area contributed by atoms with E-state index >= 15 is 0 Å². The van der Waals surface area contributed by atoms with E-state index in [9.17, 15) is 4.79 Å². The van der Waals surface area contributed by atoms with Crippen LogP contribution in [0.25, 0.3) is 0 Å². The standard InChI is InChI=1S/C10H15IN2O2/c1-6(2)9(10(12)14)13-5-7-3-4-8(11)15-7/h3-4,6,9,13H,5H2,1-2H3,(H2,12,14). The predicted molar refractivity (Wildman–Crippen MR) is 66.1 cm³/mol. The highest BCUT2D eigenvalue weighted by Crippen LogP contribution is 2.10. The zero-order valence-corrected chi connectivity index (χ0v) is 10.9. The fourth-order valence-corrected chi connectivity index (χ4v) is 1.78. The summed E-state index contributed by atoms with van der Waals surface area (Å²) in [5.74, 6) is 0.661. The first kappa shape index (κ1) is 12.5. The van der Waals surface area contributed by atoms with E-state index in [1.807, 2.05) is 26.0 Å². The van der Waals surface area contributed by atoms with Gasteiger partial charge in [-0.05, 0) is 40.6 Å². The summed E-state index contributed by atoms with van der Waals surface area (Å²) < 4.78 is 6.20. The van der Waals surface area contributed by atoms with Crippen molar-refractivity contribution in [1.82, 2.24) is 5.32 Å². The van der Waals surface area contributed by atoms with Crippen LogP contribution in [0.1, 0.15) is 19.6 Å². The second-order valence-corrected chi connectivity index (χ2v) is 4.77. The number of amides is 1. The van der Waals surface area contributed by atoms with Gasteiger partial charge in [-0.1, -0.05) is 13.8 Å². The van der Waals surface area contributed by atoms with Crippen LogP contribution >= 0.6 is 22.6 Å². The molecule has 1 aromatic heterocycles.